The number of nitrogens with zero attached hydrogens (tertiary/aromatic N) is 2. The van der Waals surface area contributed by atoms with E-state index in [1.165, 1.54) is 11.3 Å². The van der Waals surface area contributed by atoms with Crippen LogP contribution in [0.4, 0.5) is 5.13 Å². The molecule has 0 fully saturated rings. The van der Waals surface area contributed by atoms with Gasteiger partial charge in [0.25, 0.3) is 5.91 Å². The fourth-order valence-corrected chi connectivity index (χ4v) is 2.63. The number of carbonyl (C=O) groups is 1. The summed E-state index contributed by atoms with van der Waals surface area (Å²) >= 11 is 4.75. The molecule has 1 N–H and O–H groups in total. The molecule has 2 rings (SSSR count). The minimum Gasteiger partial charge on any atom is -0.483 e. The Morgan fingerprint density at radius 2 is 2.25 bits per heavy atom. The lowest BCUT2D eigenvalue weighted by Gasteiger charge is -2.10. The lowest BCUT2D eigenvalue weighted by molar-refractivity contribution is -0.118. The van der Waals surface area contributed by atoms with E-state index in [9.17, 15) is 4.79 Å². The molecule has 0 spiro atoms. The van der Waals surface area contributed by atoms with Gasteiger partial charge in [-0.3, -0.25) is 10.1 Å². The number of rotatable bonds is 5. The highest BCUT2D eigenvalue weighted by Crippen LogP contribution is 2.23. The van der Waals surface area contributed by atoms with Crippen molar-refractivity contribution in [2.45, 2.75) is 20.3 Å². The van der Waals surface area contributed by atoms with Gasteiger partial charge in [-0.15, -0.1) is 10.2 Å². The third kappa shape index (κ3) is 4.01. The molecule has 0 unspecified atom stereocenters. The van der Waals surface area contributed by atoms with E-state index in [0.717, 1.165) is 27.2 Å². The van der Waals surface area contributed by atoms with E-state index in [1.807, 2.05) is 32.0 Å². The molecule has 0 saturated carbocycles. The van der Waals surface area contributed by atoms with E-state index in [-0.39, 0.29) is 12.5 Å². The summed E-state index contributed by atoms with van der Waals surface area (Å²) < 4.78 is 6.54. The number of halogens is 1. The van der Waals surface area contributed by atoms with Crippen LogP contribution in [0.25, 0.3) is 0 Å². The maximum atomic E-state index is 11.8. The highest BCUT2D eigenvalue weighted by molar-refractivity contribution is 9.10. The van der Waals surface area contributed by atoms with E-state index >= 15 is 0 Å². The third-order valence-electron chi connectivity index (χ3n) is 2.53. The molecule has 0 aliphatic carbocycles. The number of aromatic nitrogens is 2. The van der Waals surface area contributed by atoms with Crippen LogP contribution >= 0.6 is 27.3 Å². The highest BCUT2D eigenvalue weighted by Gasteiger charge is 2.09. The van der Waals surface area contributed by atoms with Crippen molar-refractivity contribution in [2.24, 2.45) is 0 Å². The van der Waals surface area contributed by atoms with Gasteiger partial charge in [0.15, 0.2) is 6.61 Å². The van der Waals surface area contributed by atoms with E-state index in [4.69, 9.17) is 4.74 Å². The number of carbonyl (C=O) groups excluding carboxylic acids is 1. The van der Waals surface area contributed by atoms with Crippen LogP contribution in [-0.2, 0) is 11.2 Å². The second kappa shape index (κ2) is 6.81. The van der Waals surface area contributed by atoms with Crippen LogP contribution in [0.1, 0.15) is 17.5 Å². The van der Waals surface area contributed by atoms with Gasteiger partial charge in [-0.1, -0.05) is 34.2 Å². The zero-order valence-electron chi connectivity index (χ0n) is 11.1. The predicted octanol–water partition coefficient (Wildman–Crippen LogP) is 3.19. The normalized spacial score (nSPS) is 10.3. The van der Waals surface area contributed by atoms with E-state index in [0.29, 0.717) is 5.13 Å². The van der Waals surface area contributed by atoms with Crippen LogP contribution in [0.15, 0.2) is 22.7 Å². The lowest BCUT2D eigenvalue weighted by Crippen LogP contribution is -2.20. The first-order chi connectivity index (χ1) is 9.58. The Morgan fingerprint density at radius 3 is 2.90 bits per heavy atom. The first kappa shape index (κ1) is 14.9. The molecule has 7 heteroatoms. The second-order valence-electron chi connectivity index (χ2n) is 4.07. The maximum Gasteiger partial charge on any atom is 0.264 e. The fraction of sp³-hybridized carbons (Fsp3) is 0.308. The Hall–Kier alpha value is -1.47. The van der Waals surface area contributed by atoms with Crippen LogP contribution < -0.4 is 10.1 Å². The van der Waals surface area contributed by atoms with Crippen molar-refractivity contribution in [1.82, 2.24) is 10.2 Å². The van der Waals surface area contributed by atoms with E-state index in [2.05, 4.69) is 31.4 Å². The van der Waals surface area contributed by atoms with Crippen molar-refractivity contribution < 1.29 is 9.53 Å². The summed E-state index contributed by atoms with van der Waals surface area (Å²) in [5.74, 6) is 0.477. The first-order valence-electron chi connectivity index (χ1n) is 6.09. The Morgan fingerprint density at radius 1 is 1.45 bits per heavy atom. The molecule has 0 aliphatic rings. The summed E-state index contributed by atoms with van der Waals surface area (Å²) in [5, 5.41) is 11.6. The molecule has 0 saturated heterocycles. The average Bonchev–Trinajstić information content (AvgIpc) is 2.82. The zero-order valence-corrected chi connectivity index (χ0v) is 13.5. The van der Waals surface area contributed by atoms with Gasteiger partial charge < -0.3 is 4.74 Å². The number of hydrogen-bond acceptors (Lipinski definition) is 5. The smallest absolute Gasteiger partial charge is 0.264 e. The van der Waals surface area contributed by atoms with Gasteiger partial charge in [-0.2, -0.15) is 0 Å². The summed E-state index contributed by atoms with van der Waals surface area (Å²) in [5.41, 5.74) is 1.05. The van der Waals surface area contributed by atoms with Gasteiger partial charge in [0.2, 0.25) is 5.13 Å². The van der Waals surface area contributed by atoms with Crippen LogP contribution in [0.2, 0.25) is 0 Å². The highest BCUT2D eigenvalue weighted by atomic mass is 79.9. The summed E-state index contributed by atoms with van der Waals surface area (Å²) in [6, 6.07) is 5.73. The number of amides is 1. The largest absolute Gasteiger partial charge is 0.483 e. The number of anilines is 1. The van der Waals surface area contributed by atoms with Gasteiger partial charge in [0, 0.05) is 4.47 Å². The van der Waals surface area contributed by atoms with E-state index in [1.54, 1.807) is 0 Å². The molecule has 0 aliphatic heterocycles. The summed E-state index contributed by atoms with van der Waals surface area (Å²) in [6.07, 6.45) is 0.839. The monoisotopic (exact) mass is 355 g/mol. The molecule has 5 nitrogen and oxygen atoms in total. The standard InChI is InChI=1S/C13H14BrN3O2S/c1-3-9-6-10(14)4-5-11(9)19-7-12(18)15-13-17-16-8(2)20-13/h4-6H,3,7H2,1-2H3,(H,15,17,18). The summed E-state index contributed by atoms with van der Waals surface area (Å²) in [6.45, 7) is 3.82. The SMILES string of the molecule is CCc1cc(Br)ccc1OCC(=O)Nc1nnc(C)s1. The quantitative estimate of drug-likeness (QED) is 0.894. The van der Waals surface area contributed by atoms with Crippen LogP contribution in [0, 0.1) is 6.92 Å². The van der Waals surface area contributed by atoms with Crippen molar-refractivity contribution in [3.63, 3.8) is 0 Å². The molecule has 2 aromatic rings. The Bertz CT molecular complexity index is 615. The van der Waals surface area contributed by atoms with Crippen LogP contribution in [-0.4, -0.2) is 22.7 Å². The van der Waals surface area contributed by atoms with Crippen molar-refractivity contribution in [2.75, 3.05) is 11.9 Å². The first-order valence-corrected chi connectivity index (χ1v) is 7.70. The van der Waals surface area contributed by atoms with Gasteiger partial charge in [-0.05, 0) is 37.1 Å². The average molecular weight is 356 g/mol. The Labute approximate surface area is 129 Å². The Kier molecular flexibility index (Phi) is 5.08. The second-order valence-corrected chi connectivity index (χ2v) is 6.17. The van der Waals surface area contributed by atoms with Crippen LogP contribution in [0.5, 0.6) is 5.75 Å². The molecule has 0 bridgehead atoms. The molecular formula is C13H14BrN3O2S. The maximum absolute atomic E-state index is 11.8. The van der Waals surface area contributed by atoms with Crippen molar-refractivity contribution in [3.8, 4) is 5.75 Å². The number of nitrogens with one attached hydrogen (secondary N) is 1. The van der Waals surface area contributed by atoms with Crippen molar-refractivity contribution >= 4 is 38.3 Å². The Balaban J connectivity index is 1.93. The molecule has 1 heterocycles. The van der Waals surface area contributed by atoms with Crippen LogP contribution in [0.3, 0.4) is 0 Å². The minimum atomic E-state index is -0.244. The molecule has 1 aromatic carbocycles. The summed E-state index contributed by atoms with van der Waals surface area (Å²) in [4.78, 5) is 11.8. The van der Waals surface area contributed by atoms with Crippen molar-refractivity contribution in [1.29, 1.82) is 0 Å². The number of benzene rings is 1. The molecule has 106 valence electrons. The third-order valence-corrected chi connectivity index (χ3v) is 3.78. The fourth-order valence-electron chi connectivity index (χ4n) is 1.61. The van der Waals surface area contributed by atoms with Gasteiger partial charge in [0.1, 0.15) is 10.8 Å². The molecule has 20 heavy (non-hydrogen) atoms. The van der Waals surface area contributed by atoms with Crippen molar-refractivity contribution in [3.05, 3.63) is 33.2 Å². The van der Waals surface area contributed by atoms with E-state index < -0.39 is 0 Å². The number of hydrogen-bond donors (Lipinski definition) is 1. The molecular weight excluding hydrogens is 342 g/mol. The van der Waals surface area contributed by atoms with Gasteiger partial charge >= 0.3 is 0 Å². The topological polar surface area (TPSA) is 64.1 Å². The zero-order chi connectivity index (χ0) is 14.5. The molecule has 0 radical (unpaired) electrons. The summed E-state index contributed by atoms with van der Waals surface area (Å²) in [7, 11) is 0. The number of ether oxygens (including phenoxy) is 1. The minimum absolute atomic E-state index is 0.0484. The molecule has 1 aromatic heterocycles. The molecule has 1 amide bonds. The molecule has 0 atom stereocenters. The van der Waals surface area contributed by atoms with Gasteiger partial charge in [-0.25, -0.2) is 0 Å². The van der Waals surface area contributed by atoms with Gasteiger partial charge in [0.05, 0.1) is 0 Å². The predicted molar refractivity (Wildman–Crippen MR) is 82.3 cm³/mol. The lowest BCUT2D eigenvalue weighted by atomic mass is 10.1. The number of aryl methyl sites for hydroxylation is 2.